The van der Waals surface area contributed by atoms with Crippen molar-refractivity contribution in [1.82, 2.24) is 4.98 Å². The Morgan fingerprint density at radius 1 is 1.35 bits per heavy atom. The highest BCUT2D eigenvalue weighted by Gasteiger charge is 2.16. The fraction of sp³-hybridized carbons (Fsp3) is 0.0833. The summed E-state index contributed by atoms with van der Waals surface area (Å²) in [5.74, 6) is 5.17. The molecule has 0 spiro atoms. The number of benzene rings is 1. The molecule has 0 bridgehead atoms. The van der Waals surface area contributed by atoms with Gasteiger partial charge in [0.15, 0.2) is 0 Å². The SMILES string of the molecule is Cc1cc(Nc2nc(NN)ccc2[N+](=O)[O-])ccc1F. The number of nitro groups is 1. The van der Waals surface area contributed by atoms with E-state index >= 15 is 0 Å². The van der Waals surface area contributed by atoms with E-state index in [9.17, 15) is 14.5 Å². The molecular formula is C12H12FN5O2. The summed E-state index contributed by atoms with van der Waals surface area (Å²) in [6.07, 6.45) is 0. The second kappa shape index (κ2) is 5.49. The van der Waals surface area contributed by atoms with Crippen LogP contribution in [0.25, 0.3) is 0 Å². The van der Waals surface area contributed by atoms with Crippen molar-refractivity contribution in [2.24, 2.45) is 5.84 Å². The van der Waals surface area contributed by atoms with Gasteiger partial charge in [0.2, 0.25) is 5.82 Å². The molecule has 1 heterocycles. The standard InChI is InChI=1S/C12H12FN5O2/c1-7-6-8(2-3-9(7)13)15-12-10(18(19)20)4-5-11(16-12)17-14/h2-6H,14H2,1H3,(H2,15,16,17). The Morgan fingerprint density at radius 2 is 2.10 bits per heavy atom. The predicted molar refractivity (Wildman–Crippen MR) is 73.1 cm³/mol. The molecule has 104 valence electrons. The number of nitrogens with zero attached hydrogens (tertiary/aromatic N) is 2. The van der Waals surface area contributed by atoms with E-state index in [1.807, 2.05) is 0 Å². The molecule has 0 saturated carbocycles. The third kappa shape index (κ3) is 2.81. The average Bonchev–Trinajstić information content (AvgIpc) is 2.42. The van der Waals surface area contributed by atoms with E-state index in [1.54, 1.807) is 6.92 Å². The van der Waals surface area contributed by atoms with Crippen LogP contribution in [0.15, 0.2) is 30.3 Å². The van der Waals surface area contributed by atoms with Crippen LogP contribution in [-0.4, -0.2) is 9.91 Å². The van der Waals surface area contributed by atoms with Gasteiger partial charge in [-0.3, -0.25) is 10.1 Å². The van der Waals surface area contributed by atoms with Crippen LogP contribution in [0, 0.1) is 22.9 Å². The van der Waals surface area contributed by atoms with Gasteiger partial charge in [-0.2, -0.15) is 0 Å². The number of nitrogens with one attached hydrogen (secondary N) is 2. The molecule has 7 nitrogen and oxygen atoms in total. The van der Waals surface area contributed by atoms with Gasteiger partial charge in [0.25, 0.3) is 0 Å². The van der Waals surface area contributed by atoms with Gasteiger partial charge in [-0.05, 0) is 36.8 Å². The summed E-state index contributed by atoms with van der Waals surface area (Å²) in [5, 5.41) is 13.7. The number of nitrogen functional groups attached to an aromatic ring is 1. The maximum absolute atomic E-state index is 13.2. The van der Waals surface area contributed by atoms with Crippen molar-refractivity contribution in [3.05, 3.63) is 51.8 Å². The molecule has 2 rings (SSSR count). The summed E-state index contributed by atoms with van der Waals surface area (Å²) in [6.45, 7) is 1.60. The number of halogens is 1. The second-order valence-electron chi connectivity index (χ2n) is 4.05. The van der Waals surface area contributed by atoms with Gasteiger partial charge in [0, 0.05) is 11.8 Å². The van der Waals surface area contributed by atoms with Crippen molar-refractivity contribution in [2.75, 3.05) is 10.7 Å². The van der Waals surface area contributed by atoms with E-state index in [0.717, 1.165) is 0 Å². The topological polar surface area (TPSA) is 106 Å². The van der Waals surface area contributed by atoms with Gasteiger partial charge in [-0.1, -0.05) is 0 Å². The maximum atomic E-state index is 13.2. The molecule has 1 aromatic heterocycles. The Balaban J connectivity index is 2.40. The minimum absolute atomic E-state index is 0.0245. The first kappa shape index (κ1) is 13.7. The molecule has 0 atom stereocenters. The van der Waals surface area contributed by atoms with Gasteiger partial charge in [-0.25, -0.2) is 15.2 Å². The number of pyridine rings is 1. The summed E-state index contributed by atoms with van der Waals surface area (Å²) in [4.78, 5) is 14.4. The van der Waals surface area contributed by atoms with E-state index in [-0.39, 0.29) is 23.1 Å². The Hall–Kier alpha value is -2.74. The molecular weight excluding hydrogens is 265 g/mol. The summed E-state index contributed by atoms with van der Waals surface area (Å²) in [6, 6.07) is 6.94. The summed E-state index contributed by atoms with van der Waals surface area (Å²) < 4.78 is 13.2. The van der Waals surface area contributed by atoms with Crippen molar-refractivity contribution in [3.63, 3.8) is 0 Å². The summed E-state index contributed by atoms with van der Waals surface area (Å²) in [7, 11) is 0. The molecule has 4 N–H and O–H groups in total. The third-order valence-electron chi connectivity index (χ3n) is 2.64. The zero-order chi connectivity index (χ0) is 14.7. The van der Waals surface area contributed by atoms with Gasteiger partial charge < -0.3 is 10.7 Å². The molecule has 0 aliphatic rings. The molecule has 1 aromatic carbocycles. The van der Waals surface area contributed by atoms with Crippen molar-refractivity contribution in [3.8, 4) is 0 Å². The normalized spacial score (nSPS) is 10.2. The summed E-state index contributed by atoms with van der Waals surface area (Å²) >= 11 is 0. The first-order valence-corrected chi connectivity index (χ1v) is 5.66. The van der Waals surface area contributed by atoms with Gasteiger partial charge in [-0.15, -0.1) is 0 Å². The van der Waals surface area contributed by atoms with Crippen LogP contribution in [0.2, 0.25) is 0 Å². The number of aryl methyl sites for hydroxylation is 1. The molecule has 0 unspecified atom stereocenters. The van der Waals surface area contributed by atoms with Crippen LogP contribution in [-0.2, 0) is 0 Å². The molecule has 20 heavy (non-hydrogen) atoms. The number of hydrogen-bond acceptors (Lipinski definition) is 6. The lowest BCUT2D eigenvalue weighted by Crippen LogP contribution is -2.10. The van der Waals surface area contributed by atoms with E-state index in [1.165, 1.54) is 30.3 Å². The smallest absolute Gasteiger partial charge is 0.311 e. The molecule has 0 amide bonds. The first-order valence-electron chi connectivity index (χ1n) is 5.66. The Kier molecular flexibility index (Phi) is 3.76. The molecule has 0 saturated heterocycles. The lowest BCUT2D eigenvalue weighted by Gasteiger charge is -2.09. The Morgan fingerprint density at radius 3 is 2.70 bits per heavy atom. The van der Waals surface area contributed by atoms with Crippen LogP contribution >= 0.6 is 0 Å². The van der Waals surface area contributed by atoms with E-state index in [0.29, 0.717) is 11.3 Å². The first-order chi connectivity index (χ1) is 9.51. The number of anilines is 3. The molecule has 8 heteroatoms. The van der Waals surface area contributed by atoms with Crippen LogP contribution in [0.3, 0.4) is 0 Å². The Bertz CT molecular complexity index is 662. The molecule has 0 aliphatic heterocycles. The highest BCUT2D eigenvalue weighted by molar-refractivity contribution is 5.67. The molecule has 0 radical (unpaired) electrons. The van der Waals surface area contributed by atoms with E-state index in [4.69, 9.17) is 5.84 Å². The largest absolute Gasteiger partial charge is 0.334 e. The fourth-order valence-electron chi connectivity index (χ4n) is 1.63. The third-order valence-corrected chi connectivity index (χ3v) is 2.64. The van der Waals surface area contributed by atoms with Crippen molar-refractivity contribution in [2.45, 2.75) is 6.92 Å². The molecule has 0 fully saturated rings. The Labute approximate surface area is 113 Å². The predicted octanol–water partition coefficient (Wildman–Crippen LogP) is 2.47. The van der Waals surface area contributed by atoms with Crippen LogP contribution in [0.1, 0.15) is 5.56 Å². The second-order valence-corrected chi connectivity index (χ2v) is 4.05. The lowest BCUT2D eigenvalue weighted by molar-refractivity contribution is -0.384. The van der Waals surface area contributed by atoms with E-state index in [2.05, 4.69) is 15.7 Å². The molecule has 2 aromatic rings. The van der Waals surface area contributed by atoms with E-state index < -0.39 is 4.92 Å². The minimum Gasteiger partial charge on any atom is -0.334 e. The van der Waals surface area contributed by atoms with Crippen LogP contribution in [0.4, 0.5) is 27.4 Å². The lowest BCUT2D eigenvalue weighted by atomic mass is 10.2. The minimum atomic E-state index is -0.563. The monoisotopic (exact) mass is 277 g/mol. The van der Waals surface area contributed by atoms with Crippen molar-refractivity contribution < 1.29 is 9.31 Å². The zero-order valence-corrected chi connectivity index (χ0v) is 10.6. The number of hydrogen-bond donors (Lipinski definition) is 3. The quantitative estimate of drug-likeness (QED) is 0.450. The highest BCUT2D eigenvalue weighted by Crippen LogP contribution is 2.27. The van der Waals surface area contributed by atoms with Crippen LogP contribution < -0.4 is 16.6 Å². The van der Waals surface area contributed by atoms with Crippen LogP contribution in [0.5, 0.6) is 0 Å². The van der Waals surface area contributed by atoms with Crippen molar-refractivity contribution in [1.29, 1.82) is 0 Å². The van der Waals surface area contributed by atoms with Gasteiger partial charge >= 0.3 is 5.69 Å². The number of hydrazine groups is 1. The molecule has 0 aliphatic carbocycles. The van der Waals surface area contributed by atoms with Crippen molar-refractivity contribution >= 4 is 23.0 Å². The summed E-state index contributed by atoms with van der Waals surface area (Å²) in [5.41, 5.74) is 3.02. The maximum Gasteiger partial charge on any atom is 0.311 e. The number of nitrogens with two attached hydrogens (primary N) is 1. The highest BCUT2D eigenvalue weighted by atomic mass is 19.1. The number of rotatable bonds is 4. The zero-order valence-electron chi connectivity index (χ0n) is 10.6. The van der Waals surface area contributed by atoms with Gasteiger partial charge in [0.05, 0.1) is 4.92 Å². The number of aromatic nitrogens is 1. The van der Waals surface area contributed by atoms with Gasteiger partial charge in [0.1, 0.15) is 11.6 Å². The fourth-order valence-corrected chi connectivity index (χ4v) is 1.63. The average molecular weight is 277 g/mol.